The van der Waals surface area contributed by atoms with E-state index in [1.807, 2.05) is 0 Å². The number of anilines is 1. The Morgan fingerprint density at radius 1 is 1.06 bits per heavy atom. The lowest BCUT2D eigenvalue weighted by molar-refractivity contribution is -0.100. The third-order valence-corrected chi connectivity index (χ3v) is 2.21. The maximum atomic E-state index is 13.7. The molecule has 0 heterocycles. The molecule has 2 N–H and O–H groups in total. The molecule has 6 heteroatoms. The van der Waals surface area contributed by atoms with E-state index in [4.69, 9.17) is 5.11 Å². The van der Waals surface area contributed by atoms with E-state index in [0.29, 0.717) is 5.39 Å². The van der Waals surface area contributed by atoms with Gasteiger partial charge in [-0.05, 0) is 29.7 Å². The first kappa shape index (κ1) is 11.5. The van der Waals surface area contributed by atoms with Gasteiger partial charge in [0.05, 0.1) is 5.69 Å². The van der Waals surface area contributed by atoms with Gasteiger partial charge in [0, 0.05) is 5.39 Å². The van der Waals surface area contributed by atoms with Crippen molar-refractivity contribution in [3.05, 3.63) is 36.1 Å². The number of rotatable bonds is 1. The monoisotopic (exact) mass is 245 g/mol. The molecule has 17 heavy (non-hydrogen) atoms. The average Bonchev–Trinajstić information content (AvgIpc) is 2.20. The standard InChI is InChI=1S/C11H7F4NO/c12-10-8-3-2-7(17)5-6(8)1-4-9(10)16-11(13,14)15/h1-5,16-17H. The summed E-state index contributed by atoms with van der Waals surface area (Å²) in [6.45, 7) is 0. The molecule has 0 aromatic heterocycles. The number of fused-ring (bicyclic) bond motifs is 1. The fourth-order valence-electron chi connectivity index (χ4n) is 1.53. The highest BCUT2D eigenvalue weighted by molar-refractivity contribution is 5.87. The van der Waals surface area contributed by atoms with Crippen molar-refractivity contribution < 1.29 is 22.7 Å². The molecule has 0 aliphatic rings. The highest BCUT2D eigenvalue weighted by Crippen LogP contribution is 2.29. The SMILES string of the molecule is Oc1ccc2c(F)c(NC(F)(F)F)ccc2c1. The lowest BCUT2D eigenvalue weighted by atomic mass is 10.1. The van der Waals surface area contributed by atoms with Crippen molar-refractivity contribution in [2.24, 2.45) is 0 Å². The van der Waals surface area contributed by atoms with Crippen molar-refractivity contribution in [2.45, 2.75) is 6.30 Å². The third kappa shape index (κ3) is 2.41. The molecule has 2 nitrogen and oxygen atoms in total. The quantitative estimate of drug-likeness (QED) is 0.594. The summed E-state index contributed by atoms with van der Waals surface area (Å²) in [6, 6.07) is 5.98. The van der Waals surface area contributed by atoms with E-state index in [9.17, 15) is 17.6 Å². The van der Waals surface area contributed by atoms with Gasteiger partial charge in [-0.25, -0.2) is 4.39 Å². The molecule has 0 aliphatic heterocycles. The van der Waals surface area contributed by atoms with Gasteiger partial charge in [-0.15, -0.1) is 0 Å². The summed E-state index contributed by atoms with van der Waals surface area (Å²) in [5, 5.41) is 10.6. The normalized spacial score (nSPS) is 11.8. The number of hydrogen-bond donors (Lipinski definition) is 2. The zero-order valence-electron chi connectivity index (χ0n) is 8.35. The smallest absolute Gasteiger partial charge is 0.482 e. The van der Waals surface area contributed by atoms with Crippen LogP contribution in [0.1, 0.15) is 0 Å². The molecule has 0 aliphatic carbocycles. The maximum absolute atomic E-state index is 13.7. The highest BCUT2D eigenvalue weighted by Gasteiger charge is 2.28. The Kier molecular flexibility index (Phi) is 2.57. The van der Waals surface area contributed by atoms with E-state index in [1.54, 1.807) is 0 Å². The van der Waals surface area contributed by atoms with Crippen molar-refractivity contribution in [3.8, 4) is 5.75 Å². The molecule has 2 rings (SSSR count). The van der Waals surface area contributed by atoms with Gasteiger partial charge in [0.2, 0.25) is 0 Å². The fraction of sp³-hybridized carbons (Fsp3) is 0.0909. The van der Waals surface area contributed by atoms with Gasteiger partial charge >= 0.3 is 6.30 Å². The topological polar surface area (TPSA) is 32.3 Å². The van der Waals surface area contributed by atoms with Crippen LogP contribution in [0.3, 0.4) is 0 Å². The largest absolute Gasteiger partial charge is 0.508 e. The Morgan fingerprint density at radius 3 is 2.41 bits per heavy atom. The molecule has 0 fully saturated rings. The zero-order chi connectivity index (χ0) is 12.6. The van der Waals surface area contributed by atoms with Gasteiger partial charge < -0.3 is 5.11 Å². The Labute approximate surface area is 93.5 Å². The second kappa shape index (κ2) is 3.80. The molecule has 0 unspecified atom stereocenters. The number of aromatic hydroxyl groups is 1. The molecular formula is C11H7F4NO. The van der Waals surface area contributed by atoms with Crippen LogP contribution in [0.5, 0.6) is 5.75 Å². The van der Waals surface area contributed by atoms with Crippen LogP contribution >= 0.6 is 0 Å². The summed E-state index contributed by atoms with van der Waals surface area (Å²) in [4.78, 5) is 0. The Morgan fingerprint density at radius 2 is 1.76 bits per heavy atom. The summed E-state index contributed by atoms with van der Waals surface area (Å²) < 4.78 is 49.9. The lowest BCUT2D eigenvalue weighted by Crippen LogP contribution is -2.21. The third-order valence-electron chi connectivity index (χ3n) is 2.21. The van der Waals surface area contributed by atoms with Crippen molar-refractivity contribution in [3.63, 3.8) is 0 Å². The minimum atomic E-state index is -4.69. The lowest BCUT2D eigenvalue weighted by Gasteiger charge is -2.12. The number of phenolic OH excluding ortho intramolecular Hbond substituents is 1. The molecule has 0 radical (unpaired) electrons. The Balaban J connectivity index is 2.54. The van der Waals surface area contributed by atoms with Gasteiger partial charge in [-0.3, -0.25) is 5.32 Å². The molecule has 0 spiro atoms. The summed E-state index contributed by atoms with van der Waals surface area (Å²) in [5.74, 6) is -1.08. The number of benzene rings is 2. The number of hydrogen-bond acceptors (Lipinski definition) is 2. The molecule has 2 aromatic carbocycles. The van der Waals surface area contributed by atoms with Crippen LogP contribution in [-0.2, 0) is 0 Å². The summed E-state index contributed by atoms with van der Waals surface area (Å²) in [6.07, 6.45) is -4.69. The first-order valence-electron chi connectivity index (χ1n) is 4.63. The number of phenols is 1. The number of halogens is 4. The van der Waals surface area contributed by atoms with Crippen LogP contribution in [0, 0.1) is 5.82 Å². The second-order valence-corrected chi connectivity index (χ2v) is 3.46. The average molecular weight is 245 g/mol. The van der Waals surface area contributed by atoms with Crippen molar-refractivity contribution in [1.82, 2.24) is 0 Å². The second-order valence-electron chi connectivity index (χ2n) is 3.46. The Bertz CT molecular complexity index is 565. The molecule has 0 saturated carbocycles. The van der Waals surface area contributed by atoms with Crippen LogP contribution in [-0.4, -0.2) is 11.4 Å². The molecule has 0 atom stereocenters. The van der Waals surface area contributed by atoms with E-state index in [0.717, 1.165) is 11.4 Å². The summed E-state index contributed by atoms with van der Waals surface area (Å²) >= 11 is 0. The van der Waals surface area contributed by atoms with E-state index in [1.165, 1.54) is 24.3 Å². The molecule has 0 amide bonds. The maximum Gasteiger partial charge on any atom is 0.482 e. The van der Waals surface area contributed by atoms with Crippen LogP contribution in [0.15, 0.2) is 30.3 Å². The Hall–Kier alpha value is -1.98. The van der Waals surface area contributed by atoms with Gasteiger partial charge in [-0.2, -0.15) is 13.2 Å². The summed E-state index contributed by atoms with van der Waals surface area (Å²) in [5.41, 5.74) is -0.643. The van der Waals surface area contributed by atoms with Crippen LogP contribution in [0.4, 0.5) is 23.2 Å². The molecule has 90 valence electrons. The van der Waals surface area contributed by atoms with Gasteiger partial charge in [-0.1, -0.05) is 6.07 Å². The molecule has 2 aromatic rings. The van der Waals surface area contributed by atoms with Gasteiger partial charge in [0.15, 0.2) is 5.82 Å². The minimum absolute atomic E-state index is 0.0112. The van der Waals surface area contributed by atoms with Crippen molar-refractivity contribution in [2.75, 3.05) is 5.32 Å². The predicted molar refractivity (Wildman–Crippen MR) is 55.2 cm³/mol. The van der Waals surface area contributed by atoms with Gasteiger partial charge in [0.1, 0.15) is 5.75 Å². The summed E-state index contributed by atoms with van der Waals surface area (Å²) in [7, 11) is 0. The predicted octanol–water partition coefficient (Wildman–Crippen LogP) is 3.62. The molecule has 0 bridgehead atoms. The number of alkyl halides is 3. The number of nitrogens with one attached hydrogen (secondary N) is 1. The van der Waals surface area contributed by atoms with Crippen LogP contribution < -0.4 is 5.32 Å². The van der Waals surface area contributed by atoms with E-state index in [-0.39, 0.29) is 11.1 Å². The van der Waals surface area contributed by atoms with Crippen molar-refractivity contribution in [1.29, 1.82) is 0 Å². The van der Waals surface area contributed by atoms with E-state index in [2.05, 4.69) is 0 Å². The van der Waals surface area contributed by atoms with E-state index >= 15 is 0 Å². The molecule has 0 saturated heterocycles. The fourth-order valence-corrected chi connectivity index (χ4v) is 1.53. The highest BCUT2D eigenvalue weighted by atomic mass is 19.4. The van der Waals surface area contributed by atoms with Crippen LogP contribution in [0.25, 0.3) is 10.8 Å². The minimum Gasteiger partial charge on any atom is -0.508 e. The zero-order valence-corrected chi connectivity index (χ0v) is 8.35. The van der Waals surface area contributed by atoms with Gasteiger partial charge in [0.25, 0.3) is 0 Å². The molecular weight excluding hydrogens is 238 g/mol. The first-order valence-corrected chi connectivity index (χ1v) is 4.63. The van der Waals surface area contributed by atoms with Crippen LogP contribution in [0.2, 0.25) is 0 Å². The van der Waals surface area contributed by atoms with Crippen molar-refractivity contribution >= 4 is 16.5 Å². The van der Waals surface area contributed by atoms with E-state index < -0.39 is 17.8 Å². The first-order chi connectivity index (χ1) is 7.87.